The summed E-state index contributed by atoms with van der Waals surface area (Å²) in [5, 5.41) is 7.40. The standard InChI is InChI=1S/C18H28ClN3O2/c1-20-17(22-14-18(7-4-8-18)9-11-23-2)21-10-12-24-16-6-3-5-15(19)13-16/h3,5-6,13H,4,7-12,14H2,1-2H3,(H2,20,21,22). The minimum absolute atomic E-state index is 0.366. The third kappa shape index (κ3) is 5.87. The van der Waals surface area contributed by atoms with E-state index in [1.165, 1.54) is 19.3 Å². The molecule has 1 fully saturated rings. The molecule has 5 nitrogen and oxygen atoms in total. The highest BCUT2D eigenvalue weighted by Gasteiger charge is 2.36. The number of halogens is 1. The van der Waals surface area contributed by atoms with Crippen molar-refractivity contribution in [2.24, 2.45) is 10.4 Å². The molecule has 0 atom stereocenters. The average molecular weight is 354 g/mol. The van der Waals surface area contributed by atoms with Crippen LogP contribution in [0.2, 0.25) is 5.02 Å². The number of benzene rings is 1. The van der Waals surface area contributed by atoms with Crippen molar-refractivity contribution in [1.29, 1.82) is 0 Å². The Morgan fingerprint density at radius 3 is 2.75 bits per heavy atom. The van der Waals surface area contributed by atoms with E-state index in [-0.39, 0.29) is 0 Å². The molecule has 1 aromatic rings. The maximum Gasteiger partial charge on any atom is 0.191 e. The molecule has 0 aromatic heterocycles. The molecule has 0 saturated heterocycles. The van der Waals surface area contributed by atoms with Crippen LogP contribution < -0.4 is 15.4 Å². The highest BCUT2D eigenvalue weighted by molar-refractivity contribution is 6.30. The van der Waals surface area contributed by atoms with Gasteiger partial charge in [-0.25, -0.2) is 0 Å². The molecule has 1 aliphatic carbocycles. The fourth-order valence-electron chi connectivity index (χ4n) is 2.90. The quantitative estimate of drug-likeness (QED) is 0.407. The monoisotopic (exact) mass is 353 g/mol. The van der Waals surface area contributed by atoms with Crippen LogP contribution in [0.25, 0.3) is 0 Å². The largest absolute Gasteiger partial charge is 0.492 e. The summed E-state index contributed by atoms with van der Waals surface area (Å²) < 4.78 is 10.9. The minimum atomic E-state index is 0.366. The van der Waals surface area contributed by atoms with E-state index in [1.807, 2.05) is 24.3 Å². The Morgan fingerprint density at radius 2 is 2.12 bits per heavy atom. The van der Waals surface area contributed by atoms with E-state index in [0.717, 1.165) is 31.3 Å². The summed E-state index contributed by atoms with van der Waals surface area (Å²) >= 11 is 5.94. The van der Waals surface area contributed by atoms with Crippen molar-refractivity contribution in [2.45, 2.75) is 25.7 Å². The molecule has 134 valence electrons. The van der Waals surface area contributed by atoms with Crippen molar-refractivity contribution < 1.29 is 9.47 Å². The van der Waals surface area contributed by atoms with Crippen molar-refractivity contribution in [3.8, 4) is 5.75 Å². The molecule has 0 unspecified atom stereocenters. The summed E-state index contributed by atoms with van der Waals surface area (Å²) in [4.78, 5) is 4.27. The van der Waals surface area contributed by atoms with Crippen molar-refractivity contribution in [2.75, 3.05) is 40.5 Å². The molecular weight excluding hydrogens is 326 g/mol. The molecule has 2 N–H and O–H groups in total. The lowest BCUT2D eigenvalue weighted by Gasteiger charge is -2.42. The van der Waals surface area contributed by atoms with Crippen LogP contribution in [0.5, 0.6) is 5.75 Å². The lowest BCUT2D eigenvalue weighted by molar-refractivity contribution is 0.0732. The Kier molecular flexibility index (Phi) is 7.66. The van der Waals surface area contributed by atoms with Gasteiger partial charge in [-0.2, -0.15) is 0 Å². The Morgan fingerprint density at radius 1 is 1.29 bits per heavy atom. The van der Waals surface area contributed by atoms with Crippen LogP contribution in [0.15, 0.2) is 29.3 Å². The Balaban J connectivity index is 1.67. The van der Waals surface area contributed by atoms with Gasteiger partial charge in [-0.15, -0.1) is 0 Å². The fourth-order valence-corrected chi connectivity index (χ4v) is 3.08. The number of rotatable bonds is 9. The van der Waals surface area contributed by atoms with E-state index in [1.54, 1.807) is 14.2 Å². The first kappa shape index (κ1) is 18.9. The molecule has 0 aliphatic heterocycles. The van der Waals surface area contributed by atoms with Crippen LogP contribution in [0.4, 0.5) is 0 Å². The predicted octanol–water partition coefficient (Wildman–Crippen LogP) is 3.09. The van der Waals surface area contributed by atoms with Crippen LogP contribution in [0.3, 0.4) is 0 Å². The lowest BCUT2D eigenvalue weighted by Crippen LogP contribution is -2.47. The number of nitrogens with one attached hydrogen (secondary N) is 2. The van der Waals surface area contributed by atoms with Crippen LogP contribution >= 0.6 is 11.6 Å². The van der Waals surface area contributed by atoms with Gasteiger partial charge >= 0.3 is 0 Å². The normalized spacial score (nSPS) is 16.4. The van der Waals surface area contributed by atoms with Gasteiger partial charge in [0, 0.05) is 32.3 Å². The Bertz CT molecular complexity index is 533. The zero-order chi connectivity index (χ0) is 17.3. The van der Waals surface area contributed by atoms with Gasteiger partial charge < -0.3 is 20.1 Å². The fraction of sp³-hybridized carbons (Fsp3) is 0.611. The molecule has 2 rings (SSSR count). The highest BCUT2D eigenvalue weighted by atomic mass is 35.5. The molecular formula is C18H28ClN3O2. The van der Waals surface area contributed by atoms with Crippen molar-refractivity contribution in [3.05, 3.63) is 29.3 Å². The van der Waals surface area contributed by atoms with Crippen molar-refractivity contribution in [1.82, 2.24) is 10.6 Å². The van der Waals surface area contributed by atoms with Gasteiger partial charge in [-0.3, -0.25) is 4.99 Å². The van der Waals surface area contributed by atoms with Crippen molar-refractivity contribution >= 4 is 17.6 Å². The first-order valence-electron chi connectivity index (χ1n) is 8.49. The maximum atomic E-state index is 5.94. The number of methoxy groups -OCH3 is 1. The van der Waals surface area contributed by atoms with Gasteiger partial charge in [-0.1, -0.05) is 24.1 Å². The Hall–Kier alpha value is -1.46. The summed E-state index contributed by atoms with van der Waals surface area (Å²) in [5.74, 6) is 1.59. The molecule has 1 aromatic carbocycles. The Labute approximate surface area is 149 Å². The van der Waals surface area contributed by atoms with E-state index in [9.17, 15) is 0 Å². The lowest BCUT2D eigenvalue weighted by atomic mass is 9.67. The SMILES string of the molecule is CN=C(NCCOc1cccc(Cl)c1)NCC1(CCOC)CCC1. The summed E-state index contributed by atoms with van der Waals surface area (Å²) in [6.45, 7) is 2.99. The molecule has 1 saturated carbocycles. The summed E-state index contributed by atoms with van der Waals surface area (Å²) in [6, 6.07) is 7.42. The van der Waals surface area contributed by atoms with Crippen molar-refractivity contribution in [3.63, 3.8) is 0 Å². The maximum absolute atomic E-state index is 5.94. The van der Waals surface area contributed by atoms with E-state index < -0.39 is 0 Å². The van der Waals surface area contributed by atoms with Gasteiger partial charge in [0.15, 0.2) is 5.96 Å². The molecule has 0 heterocycles. The van der Waals surface area contributed by atoms with E-state index >= 15 is 0 Å². The second kappa shape index (κ2) is 9.74. The first-order chi connectivity index (χ1) is 11.7. The number of hydrogen-bond donors (Lipinski definition) is 2. The second-order valence-corrected chi connectivity index (χ2v) is 6.69. The van der Waals surface area contributed by atoms with Gasteiger partial charge in [0.2, 0.25) is 0 Å². The van der Waals surface area contributed by atoms with Gasteiger partial charge in [0.25, 0.3) is 0 Å². The predicted molar refractivity (Wildman–Crippen MR) is 99.1 cm³/mol. The highest BCUT2D eigenvalue weighted by Crippen LogP contribution is 2.43. The zero-order valence-electron chi connectivity index (χ0n) is 14.6. The third-order valence-corrected chi connectivity index (χ3v) is 4.80. The molecule has 0 spiro atoms. The van der Waals surface area contributed by atoms with E-state index in [2.05, 4.69) is 15.6 Å². The van der Waals surface area contributed by atoms with E-state index in [0.29, 0.717) is 23.6 Å². The van der Waals surface area contributed by atoms with Gasteiger partial charge in [0.1, 0.15) is 12.4 Å². The number of ether oxygens (including phenoxy) is 2. The summed E-state index contributed by atoms with van der Waals surface area (Å²) in [6.07, 6.45) is 4.94. The molecule has 24 heavy (non-hydrogen) atoms. The first-order valence-corrected chi connectivity index (χ1v) is 8.87. The topological polar surface area (TPSA) is 54.9 Å². The minimum Gasteiger partial charge on any atom is -0.492 e. The molecule has 0 amide bonds. The zero-order valence-corrected chi connectivity index (χ0v) is 15.4. The smallest absolute Gasteiger partial charge is 0.191 e. The molecule has 0 radical (unpaired) electrons. The number of aliphatic imine (C=N–C) groups is 1. The number of hydrogen-bond acceptors (Lipinski definition) is 3. The average Bonchev–Trinajstić information content (AvgIpc) is 2.55. The van der Waals surface area contributed by atoms with Gasteiger partial charge in [-0.05, 0) is 42.9 Å². The van der Waals surface area contributed by atoms with Crippen LogP contribution in [0.1, 0.15) is 25.7 Å². The number of nitrogens with zero attached hydrogens (tertiary/aromatic N) is 1. The summed E-state index contributed by atoms with van der Waals surface area (Å²) in [7, 11) is 3.55. The molecule has 1 aliphatic rings. The summed E-state index contributed by atoms with van der Waals surface area (Å²) in [5.41, 5.74) is 0.366. The number of guanidine groups is 1. The third-order valence-electron chi connectivity index (χ3n) is 4.56. The van der Waals surface area contributed by atoms with Crippen LogP contribution in [-0.4, -0.2) is 46.4 Å². The van der Waals surface area contributed by atoms with E-state index in [4.69, 9.17) is 21.1 Å². The van der Waals surface area contributed by atoms with Crippen LogP contribution in [-0.2, 0) is 4.74 Å². The molecule has 0 bridgehead atoms. The second-order valence-electron chi connectivity index (χ2n) is 6.25. The molecule has 6 heteroatoms. The van der Waals surface area contributed by atoms with Crippen LogP contribution in [0, 0.1) is 5.41 Å². The van der Waals surface area contributed by atoms with Gasteiger partial charge in [0.05, 0.1) is 6.54 Å².